The van der Waals surface area contributed by atoms with Crippen molar-refractivity contribution in [3.63, 3.8) is 0 Å². The SMILES string of the molecule is COCCOCCOCCOCCOCCOCCOCCOc1nn(C2CCC(N3CCOCC3)CC2)cc1Nc1ncc(-c2ccc(Cl)c(O[C@@H](C)Cn3cncn3)c2)cn1. The van der Waals surface area contributed by atoms with E-state index in [0.717, 1.165) is 63.1 Å². The summed E-state index contributed by atoms with van der Waals surface area (Å²) in [5, 5.41) is 12.9. The molecule has 3 aromatic heterocycles. The van der Waals surface area contributed by atoms with E-state index in [1.807, 2.05) is 36.0 Å². The van der Waals surface area contributed by atoms with Crippen molar-refractivity contribution in [2.75, 3.05) is 131 Å². The van der Waals surface area contributed by atoms with Crippen LogP contribution in [0.3, 0.4) is 0 Å². The number of anilines is 2. The summed E-state index contributed by atoms with van der Waals surface area (Å²) >= 11 is 6.51. The number of benzene rings is 1. The van der Waals surface area contributed by atoms with Gasteiger partial charge in [-0.3, -0.25) is 9.58 Å². The van der Waals surface area contributed by atoms with Crippen LogP contribution >= 0.6 is 11.6 Å². The Labute approximate surface area is 374 Å². The molecule has 0 bridgehead atoms. The normalized spacial score (nSPS) is 17.5. The third-order valence-electron chi connectivity index (χ3n) is 10.5. The lowest BCUT2D eigenvalue weighted by Gasteiger charge is -2.38. The summed E-state index contributed by atoms with van der Waals surface area (Å²) in [6, 6.07) is 6.46. The minimum absolute atomic E-state index is 0.186. The number of hydrogen-bond donors (Lipinski definition) is 1. The van der Waals surface area contributed by atoms with Gasteiger partial charge < -0.3 is 52.7 Å². The molecule has 6 rings (SSSR count). The molecule has 1 aromatic carbocycles. The Hall–Kier alpha value is -4.02. The summed E-state index contributed by atoms with van der Waals surface area (Å²) in [5.41, 5.74) is 2.36. The van der Waals surface area contributed by atoms with Crippen LogP contribution in [-0.2, 0) is 44.4 Å². The quantitative estimate of drug-likeness (QED) is 0.0684. The third kappa shape index (κ3) is 17.1. The molecule has 0 amide bonds. The minimum atomic E-state index is -0.186. The maximum atomic E-state index is 6.51. The van der Waals surface area contributed by atoms with Crippen molar-refractivity contribution >= 4 is 23.2 Å². The Morgan fingerprint density at radius 1 is 0.762 bits per heavy atom. The number of ether oxygens (including phenoxy) is 10. The molecule has 0 radical (unpaired) electrons. The first kappa shape index (κ1) is 48.4. The van der Waals surface area contributed by atoms with Gasteiger partial charge in [-0.15, -0.1) is 5.10 Å². The molecule has 2 fully saturated rings. The topological polar surface area (TPSA) is 182 Å². The van der Waals surface area contributed by atoms with Gasteiger partial charge >= 0.3 is 0 Å². The molecule has 1 N–H and O–H groups in total. The van der Waals surface area contributed by atoms with E-state index < -0.39 is 0 Å². The van der Waals surface area contributed by atoms with E-state index in [0.29, 0.717) is 133 Å². The van der Waals surface area contributed by atoms with E-state index >= 15 is 0 Å². The maximum Gasteiger partial charge on any atom is 0.257 e. The molecule has 0 unspecified atom stereocenters. The third-order valence-corrected chi connectivity index (χ3v) is 10.8. The fourth-order valence-corrected chi connectivity index (χ4v) is 7.37. The summed E-state index contributed by atoms with van der Waals surface area (Å²) in [6.45, 7) is 12.9. The van der Waals surface area contributed by atoms with Gasteiger partial charge in [0.25, 0.3) is 5.88 Å². The summed E-state index contributed by atoms with van der Waals surface area (Å²) in [6.07, 6.45) is 12.8. The summed E-state index contributed by atoms with van der Waals surface area (Å²) in [5.74, 6) is 1.44. The number of nitrogens with zero attached hydrogens (tertiary/aromatic N) is 8. The summed E-state index contributed by atoms with van der Waals surface area (Å²) in [4.78, 5) is 15.9. The fourth-order valence-electron chi connectivity index (χ4n) is 7.21. The lowest BCUT2D eigenvalue weighted by atomic mass is 9.90. The number of halogens is 1. The highest BCUT2D eigenvalue weighted by molar-refractivity contribution is 6.32. The van der Waals surface area contributed by atoms with Gasteiger partial charge in [0.15, 0.2) is 0 Å². The Morgan fingerprint density at radius 3 is 1.94 bits per heavy atom. The molecule has 2 aliphatic rings. The molecule has 19 nitrogen and oxygen atoms in total. The van der Waals surface area contributed by atoms with Gasteiger partial charge in [0.2, 0.25) is 5.95 Å². The predicted molar refractivity (Wildman–Crippen MR) is 234 cm³/mol. The second kappa shape index (κ2) is 28.0. The van der Waals surface area contributed by atoms with E-state index in [-0.39, 0.29) is 12.1 Å². The minimum Gasteiger partial charge on any atom is -0.487 e. The zero-order valence-electron chi connectivity index (χ0n) is 36.7. The lowest BCUT2D eigenvalue weighted by molar-refractivity contribution is -0.0199. The Bertz CT molecular complexity index is 1810. The van der Waals surface area contributed by atoms with Gasteiger partial charge in [-0.05, 0) is 50.3 Å². The van der Waals surface area contributed by atoms with Gasteiger partial charge in [0, 0.05) is 44.2 Å². The Kier molecular flexibility index (Phi) is 21.5. The van der Waals surface area contributed by atoms with Crippen molar-refractivity contribution in [3.8, 4) is 22.8 Å². The molecule has 4 aromatic rings. The van der Waals surface area contributed by atoms with Crippen LogP contribution in [-0.4, -0.2) is 177 Å². The monoisotopic (exact) mass is 901 g/mol. The first-order chi connectivity index (χ1) is 31.1. The smallest absolute Gasteiger partial charge is 0.257 e. The molecule has 1 atom stereocenters. The molecule has 1 aliphatic carbocycles. The van der Waals surface area contributed by atoms with Crippen LogP contribution in [0.1, 0.15) is 38.6 Å². The molecule has 4 heterocycles. The van der Waals surface area contributed by atoms with Crippen LogP contribution < -0.4 is 14.8 Å². The number of rotatable bonds is 31. The van der Waals surface area contributed by atoms with Crippen LogP contribution in [0, 0.1) is 0 Å². The van der Waals surface area contributed by atoms with Crippen molar-refractivity contribution in [1.29, 1.82) is 0 Å². The standard InChI is InChI=1S/C43H64ClN9O10/c1-34(30-52-33-45-32-48-52)63-41-27-35(3-8-39(41)44)36-28-46-43(47-29-36)49-40-31-53(38-6-4-37(5-7-38)51-9-11-55-12-10-51)50-42(40)62-26-25-61-24-23-60-22-21-59-20-19-58-18-17-57-16-15-56-14-13-54-2/h3,8,27-29,31-34,37-38H,4-7,9-26,30H2,1-2H3,(H,46,47,49)/t34-,37?,38?/m0/s1. The van der Waals surface area contributed by atoms with E-state index in [1.54, 1.807) is 30.5 Å². The number of methoxy groups -OCH3 is 1. The van der Waals surface area contributed by atoms with Gasteiger partial charge in [0.1, 0.15) is 36.8 Å². The highest BCUT2D eigenvalue weighted by Crippen LogP contribution is 2.35. The van der Waals surface area contributed by atoms with Gasteiger partial charge in [-0.2, -0.15) is 5.10 Å². The van der Waals surface area contributed by atoms with Crippen molar-refractivity contribution in [2.24, 2.45) is 0 Å². The van der Waals surface area contributed by atoms with E-state index in [2.05, 4.69) is 30.3 Å². The highest BCUT2D eigenvalue weighted by atomic mass is 35.5. The van der Waals surface area contributed by atoms with E-state index in [9.17, 15) is 0 Å². The fraction of sp³-hybridized carbons (Fsp3) is 0.651. The van der Waals surface area contributed by atoms with Crippen LogP contribution in [0.2, 0.25) is 5.02 Å². The Balaban J connectivity index is 0.923. The molecule has 1 saturated heterocycles. The van der Waals surface area contributed by atoms with Gasteiger partial charge in [0.05, 0.1) is 123 Å². The maximum absolute atomic E-state index is 6.51. The van der Waals surface area contributed by atoms with Gasteiger partial charge in [-0.1, -0.05) is 17.7 Å². The summed E-state index contributed by atoms with van der Waals surface area (Å²) < 4.78 is 59.9. The molecule has 0 spiro atoms. The second-order valence-corrected chi connectivity index (χ2v) is 15.5. The zero-order valence-corrected chi connectivity index (χ0v) is 37.4. The molecule has 1 saturated carbocycles. The van der Waals surface area contributed by atoms with Crippen molar-refractivity contribution < 1.29 is 47.4 Å². The van der Waals surface area contributed by atoms with E-state index in [4.69, 9.17) is 64.1 Å². The number of nitrogens with one attached hydrogen (secondary N) is 1. The molecule has 1 aliphatic heterocycles. The number of aromatic nitrogens is 7. The largest absolute Gasteiger partial charge is 0.487 e. The molecular weight excluding hydrogens is 838 g/mol. The van der Waals surface area contributed by atoms with Crippen molar-refractivity contribution in [2.45, 2.75) is 57.3 Å². The Morgan fingerprint density at radius 2 is 1.35 bits per heavy atom. The molecular formula is C43H64ClN9O10. The first-order valence-electron chi connectivity index (χ1n) is 21.9. The lowest BCUT2D eigenvalue weighted by Crippen LogP contribution is -2.45. The second-order valence-electron chi connectivity index (χ2n) is 15.1. The highest BCUT2D eigenvalue weighted by Gasteiger charge is 2.29. The van der Waals surface area contributed by atoms with Crippen LogP contribution in [0.15, 0.2) is 49.4 Å². The number of hydrogen-bond acceptors (Lipinski definition) is 17. The van der Waals surface area contributed by atoms with E-state index in [1.165, 1.54) is 6.33 Å². The average Bonchev–Trinajstić information content (AvgIpc) is 3.98. The van der Waals surface area contributed by atoms with Crippen LogP contribution in [0.4, 0.5) is 11.6 Å². The van der Waals surface area contributed by atoms with Crippen LogP contribution in [0.25, 0.3) is 11.1 Å². The van der Waals surface area contributed by atoms with Crippen molar-refractivity contribution in [3.05, 3.63) is 54.5 Å². The van der Waals surface area contributed by atoms with Crippen molar-refractivity contribution in [1.82, 2.24) is 39.4 Å². The summed E-state index contributed by atoms with van der Waals surface area (Å²) in [7, 11) is 1.65. The zero-order chi connectivity index (χ0) is 43.7. The van der Waals surface area contributed by atoms with Gasteiger partial charge in [-0.25, -0.2) is 19.6 Å². The van der Waals surface area contributed by atoms with Crippen LogP contribution in [0.5, 0.6) is 11.6 Å². The molecule has 20 heteroatoms. The average molecular weight is 902 g/mol. The molecule has 348 valence electrons. The molecule has 63 heavy (non-hydrogen) atoms. The first-order valence-corrected chi connectivity index (χ1v) is 22.3. The predicted octanol–water partition coefficient (Wildman–Crippen LogP) is 4.74. The number of morpholine rings is 1.